The van der Waals surface area contributed by atoms with Gasteiger partial charge in [0.2, 0.25) is 0 Å². The van der Waals surface area contributed by atoms with Crippen molar-refractivity contribution in [3.05, 3.63) is 102 Å². The second-order valence-corrected chi connectivity index (χ2v) is 7.42. The summed E-state index contributed by atoms with van der Waals surface area (Å²) in [5.41, 5.74) is 5.30. The van der Waals surface area contributed by atoms with Gasteiger partial charge in [0, 0.05) is 6.42 Å². The number of hydrogen-bond acceptors (Lipinski definition) is 4. The number of phenols is 2. The number of aromatic hydroxyl groups is 2. The molecule has 0 fully saturated rings. The smallest absolute Gasteiger partial charge is 0.115 e. The molecule has 2 N–H and O–H groups in total. The Balaban J connectivity index is 1.57. The molecule has 0 bridgehead atoms. The fourth-order valence-corrected chi connectivity index (χ4v) is 3.34. The fraction of sp³-hybridized carbons (Fsp3) is 0.115. The minimum atomic E-state index is 0.0981. The molecule has 0 saturated carbocycles. The van der Waals surface area contributed by atoms with Gasteiger partial charge in [-0.3, -0.25) is 5.01 Å². The summed E-state index contributed by atoms with van der Waals surface area (Å²) < 4.78 is 0. The number of aryl methyl sites for hydroxylation is 1. The first-order chi connectivity index (χ1) is 14.6. The summed E-state index contributed by atoms with van der Waals surface area (Å²) in [6.07, 6.45) is 9.04. The standard InChI is InChI=1S/C26H24N2O2/c1-19-2-11-23(12-3-19)28-24(13-5-21-8-16-26(30)17-9-21)18-22(27-28)10-4-20-6-14-25(29)15-7-20/h2-17,24,29-30H,18H2,1H3/b10-4+,13-5+. The second kappa shape index (κ2) is 8.70. The van der Waals surface area contributed by atoms with Gasteiger partial charge in [-0.05, 0) is 60.5 Å². The maximum atomic E-state index is 9.48. The highest BCUT2D eigenvalue weighted by Gasteiger charge is 2.24. The van der Waals surface area contributed by atoms with Gasteiger partial charge >= 0.3 is 0 Å². The lowest BCUT2D eigenvalue weighted by atomic mass is 10.1. The van der Waals surface area contributed by atoms with Gasteiger partial charge in [-0.1, -0.05) is 60.2 Å². The van der Waals surface area contributed by atoms with Crippen molar-refractivity contribution < 1.29 is 10.2 Å². The van der Waals surface area contributed by atoms with Crippen molar-refractivity contribution in [3.63, 3.8) is 0 Å². The predicted octanol–water partition coefficient (Wildman–Crippen LogP) is 5.77. The summed E-state index contributed by atoms with van der Waals surface area (Å²) in [6.45, 7) is 2.07. The lowest BCUT2D eigenvalue weighted by Gasteiger charge is -2.21. The predicted molar refractivity (Wildman–Crippen MR) is 124 cm³/mol. The van der Waals surface area contributed by atoms with E-state index >= 15 is 0 Å². The zero-order chi connectivity index (χ0) is 20.9. The van der Waals surface area contributed by atoms with Gasteiger partial charge < -0.3 is 10.2 Å². The third-order valence-electron chi connectivity index (χ3n) is 5.03. The molecule has 0 amide bonds. The van der Waals surface area contributed by atoms with Crippen LogP contribution in [0.25, 0.3) is 12.2 Å². The van der Waals surface area contributed by atoms with Crippen LogP contribution < -0.4 is 5.01 Å². The summed E-state index contributed by atoms with van der Waals surface area (Å²) in [6, 6.07) is 22.7. The van der Waals surface area contributed by atoms with Crippen molar-refractivity contribution in [2.75, 3.05) is 5.01 Å². The van der Waals surface area contributed by atoms with Crippen molar-refractivity contribution in [1.82, 2.24) is 0 Å². The summed E-state index contributed by atoms with van der Waals surface area (Å²) in [7, 11) is 0. The van der Waals surface area contributed by atoms with E-state index in [2.05, 4.69) is 43.3 Å². The Hall–Kier alpha value is -3.79. The molecule has 4 nitrogen and oxygen atoms in total. The molecule has 0 spiro atoms. The van der Waals surface area contributed by atoms with Crippen LogP contribution in [0.15, 0.2) is 90.0 Å². The third kappa shape index (κ3) is 4.78. The quantitative estimate of drug-likeness (QED) is 0.576. The Morgan fingerprint density at radius 3 is 1.93 bits per heavy atom. The Morgan fingerprint density at radius 2 is 1.33 bits per heavy atom. The summed E-state index contributed by atoms with van der Waals surface area (Å²) in [5, 5.41) is 25.8. The monoisotopic (exact) mass is 396 g/mol. The number of nitrogens with zero attached hydrogens (tertiary/aromatic N) is 2. The highest BCUT2D eigenvalue weighted by Crippen LogP contribution is 2.27. The lowest BCUT2D eigenvalue weighted by molar-refractivity contribution is 0.474. The van der Waals surface area contributed by atoms with Crippen LogP contribution in [-0.2, 0) is 0 Å². The van der Waals surface area contributed by atoms with E-state index < -0.39 is 0 Å². The number of phenolic OH excluding ortho intramolecular Hbond substituents is 2. The largest absolute Gasteiger partial charge is 0.508 e. The van der Waals surface area contributed by atoms with Crippen LogP contribution in [0, 0.1) is 6.92 Å². The summed E-state index contributed by atoms with van der Waals surface area (Å²) in [5.74, 6) is 0.523. The Labute approximate surface area is 176 Å². The summed E-state index contributed by atoms with van der Waals surface area (Å²) >= 11 is 0. The van der Waals surface area contributed by atoms with Crippen LogP contribution in [0.2, 0.25) is 0 Å². The first-order valence-corrected chi connectivity index (χ1v) is 9.94. The van der Waals surface area contributed by atoms with Crippen LogP contribution in [0.4, 0.5) is 5.69 Å². The molecule has 1 unspecified atom stereocenters. The zero-order valence-corrected chi connectivity index (χ0v) is 16.8. The van der Waals surface area contributed by atoms with E-state index in [4.69, 9.17) is 5.10 Å². The van der Waals surface area contributed by atoms with Crippen LogP contribution in [0.5, 0.6) is 11.5 Å². The highest BCUT2D eigenvalue weighted by molar-refractivity contribution is 6.01. The number of benzene rings is 3. The fourth-order valence-electron chi connectivity index (χ4n) is 3.34. The van der Waals surface area contributed by atoms with Crippen LogP contribution in [0.1, 0.15) is 23.1 Å². The molecule has 0 saturated heterocycles. The molecular formula is C26H24N2O2. The van der Waals surface area contributed by atoms with Crippen molar-refractivity contribution in [2.24, 2.45) is 5.10 Å². The number of hydrazone groups is 1. The number of anilines is 1. The van der Waals surface area contributed by atoms with Gasteiger partial charge in [0.25, 0.3) is 0 Å². The van der Waals surface area contributed by atoms with Crippen molar-refractivity contribution >= 4 is 23.6 Å². The van der Waals surface area contributed by atoms with Crippen molar-refractivity contribution in [1.29, 1.82) is 0 Å². The summed E-state index contributed by atoms with van der Waals surface area (Å²) in [4.78, 5) is 0. The van der Waals surface area contributed by atoms with Gasteiger partial charge in [0.1, 0.15) is 11.5 Å². The Kier molecular flexibility index (Phi) is 5.66. The molecule has 4 heteroatoms. The van der Waals surface area contributed by atoms with E-state index in [0.29, 0.717) is 0 Å². The van der Waals surface area contributed by atoms with E-state index in [1.165, 1.54) is 5.56 Å². The minimum absolute atomic E-state index is 0.0981. The molecule has 0 aromatic heterocycles. The normalized spacial score (nSPS) is 16.5. The second-order valence-electron chi connectivity index (χ2n) is 7.42. The van der Waals surface area contributed by atoms with Crippen LogP contribution in [-0.4, -0.2) is 22.0 Å². The molecule has 1 atom stereocenters. The van der Waals surface area contributed by atoms with Gasteiger partial charge in [-0.2, -0.15) is 5.10 Å². The maximum Gasteiger partial charge on any atom is 0.115 e. The molecule has 1 aliphatic rings. The van der Waals surface area contributed by atoms with E-state index in [1.54, 1.807) is 24.3 Å². The lowest BCUT2D eigenvalue weighted by Crippen LogP contribution is -2.23. The van der Waals surface area contributed by atoms with E-state index in [9.17, 15) is 10.2 Å². The van der Waals surface area contributed by atoms with Gasteiger partial charge in [0.15, 0.2) is 0 Å². The van der Waals surface area contributed by atoms with Gasteiger partial charge in [0.05, 0.1) is 17.4 Å². The molecule has 4 rings (SSSR count). The first kappa shape index (κ1) is 19.5. The average Bonchev–Trinajstić information content (AvgIpc) is 3.17. The number of rotatable bonds is 5. The molecule has 150 valence electrons. The van der Waals surface area contributed by atoms with Gasteiger partial charge in [-0.25, -0.2) is 0 Å². The Morgan fingerprint density at radius 1 is 0.767 bits per heavy atom. The van der Waals surface area contributed by atoms with E-state index in [-0.39, 0.29) is 17.5 Å². The number of allylic oxidation sites excluding steroid dienone is 1. The minimum Gasteiger partial charge on any atom is -0.508 e. The molecule has 30 heavy (non-hydrogen) atoms. The van der Waals surface area contributed by atoms with Crippen molar-refractivity contribution in [3.8, 4) is 11.5 Å². The topological polar surface area (TPSA) is 56.1 Å². The number of hydrogen-bond donors (Lipinski definition) is 2. The molecule has 1 heterocycles. The average molecular weight is 396 g/mol. The molecule has 0 radical (unpaired) electrons. The third-order valence-corrected chi connectivity index (χ3v) is 5.03. The van der Waals surface area contributed by atoms with E-state index in [0.717, 1.165) is 28.9 Å². The van der Waals surface area contributed by atoms with Crippen LogP contribution in [0.3, 0.4) is 0 Å². The first-order valence-electron chi connectivity index (χ1n) is 9.94. The van der Waals surface area contributed by atoms with E-state index in [1.807, 2.05) is 41.4 Å². The Bertz CT molecular complexity index is 1080. The SMILES string of the molecule is Cc1ccc(N2N=C(/C=C/c3ccc(O)cc3)CC2/C=C/c2ccc(O)cc2)cc1. The van der Waals surface area contributed by atoms with Crippen LogP contribution >= 0.6 is 0 Å². The van der Waals surface area contributed by atoms with Crippen molar-refractivity contribution in [2.45, 2.75) is 19.4 Å². The molecule has 3 aromatic carbocycles. The van der Waals surface area contributed by atoms with Gasteiger partial charge in [-0.15, -0.1) is 0 Å². The molecule has 1 aliphatic heterocycles. The zero-order valence-electron chi connectivity index (χ0n) is 16.8. The molecular weight excluding hydrogens is 372 g/mol. The molecule has 0 aliphatic carbocycles. The molecule has 3 aromatic rings. The maximum absolute atomic E-state index is 9.48. The highest BCUT2D eigenvalue weighted by atomic mass is 16.3.